The lowest BCUT2D eigenvalue weighted by atomic mass is 9.97. The molecule has 0 aliphatic heterocycles. The van der Waals surface area contributed by atoms with Crippen LogP contribution in [0.1, 0.15) is 25.3 Å². The number of benzene rings is 1. The Hall–Kier alpha value is -1.59. The third-order valence-electron chi connectivity index (χ3n) is 3.21. The highest BCUT2D eigenvalue weighted by atomic mass is 16.4. The van der Waals surface area contributed by atoms with Gasteiger partial charge in [0.05, 0.1) is 12.5 Å². The Balaban J connectivity index is 2.92. The van der Waals surface area contributed by atoms with Crippen molar-refractivity contribution in [1.82, 2.24) is 4.90 Å². The van der Waals surface area contributed by atoms with Gasteiger partial charge < -0.3 is 16.0 Å². The molecular formula is C14H23N3O2. The lowest BCUT2D eigenvalue weighted by molar-refractivity contribution is 0.164. The maximum Gasteiger partial charge on any atom is 0.147 e. The fraction of sp³-hybridized carbons (Fsp3) is 0.500. The van der Waals surface area contributed by atoms with Gasteiger partial charge in [-0.05, 0) is 19.4 Å². The van der Waals surface area contributed by atoms with Gasteiger partial charge in [0.2, 0.25) is 0 Å². The Morgan fingerprint density at radius 2 is 1.95 bits per heavy atom. The summed E-state index contributed by atoms with van der Waals surface area (Å²) in [4.78, 5) is 2.11. The van der Waals surface area contributed by atoms with E-state index < -0.39 is 0 Å². The molecule has 19 heavy (non-hydrogen) atoms. The van der Waals surface area contributed by atoms with Gasteiger partial charge in [0, 0.05) is 19.1 Å². The molecule has 1 aromatic rings. The van der Waals surface area contributed by atoms with Crippen molar-refractivity contribution in [2.24, 2.45) is 10.9 Å². The second-order valence-corrected chi connectivity index (χ2v) is 4.80. The van der Waals surface area contributed by atoms with Crippen molar-refractivity contribution >= 4 is 5.84 Å². The van der Waals surface area contributed by atoms with E-state index in [1.807, 2.05) is 30.3 Å². The summed E-state index contributed by atoms with van der Waals surface area (Å²) in [6.45, 7) is 5.39. The summed E-state index contributed by atoms with van der Waals surface area (Å²) in [7, 11) is 0. The average molecular weight is 265 g/mol. The number of nitrogens with zero attached hydrogens (tertiary/aromatic N) is 2. The summed E-state index contributed by atoms with van der Waals surface area (Å²) >= 11 is 0. The molecule has 0 amide bonds. The molecule has 4 N–H and O–H groups in total. The van der Waals surface area contributed by atoms with Gasteiger partial charge in [-0.1, -0.05) is 35.5 Å². The van der Waals surface area contributed by atoms with Crippen LogP contribution in [0.5, 0.6) is 0 Å². The van der Waals surface area contributed by atoms with Crippen molar-refractivity contribution in [2.45, 2.75) is 25.8 Å². The van der Waals surface area contributed by atoms with Crippen LogP contribution in [0.15, 0.2) is 35.5 Å². The average Bonchev–Trinajstić information content (AvgIpc) is 2.43. The Morgan fingerprint density at radius 3 is 2.42 bits per heavy atom. The third-order valence-corrected chi connectivity index (χ3v) is 3.21. The molecule has 1 aromatic carbocycles. The second kappa shape index (κ2) is 7.76. The number of aliphatic hydroxyl groups is 1. The number of oxime groups is 1. The first-order valence-electron chi connectivity index (χ1n) is 6.47. The maximum atomic E-state index is 9.11. The van der Waals surface area contributed by atoms with E-state index in [2.05, 4.69) is 23.9 Å². The molecular weight excluding hydrogens is 242 g/mol. The number of nitrogens with two attached hydrogens (primary N) is 1. The van der Waals surface area contributed by atoms with E-state index in [0.29, 0.717) is 13.1 Å². The highest BCUT2D eigenvalue weighted by molar-refractivity contribution is 5.87. The molecule has 0 heterocycles. The topological polar surface area (TPSA) is 82.1 Å². The standard InChI is InChI=1S/C14H23N3O2/c1-11(2)17(8-9-18)10-13(14(15)16-19)12-6-4-3-5-7-12/h3-7,11,13,18-19H,8-10H2,1-2H3,(H2,15,16). The van der Waals surface area contributed by atoms with Crippen LogP contribution in [-0.2, 0) is 0 Å². The van der Waals surface area contributed by atoms with Gasteiger partial charge in [-0.25, -0.2) is 0 Å². The smallest absolute Gasteiger partial charge is 0.147 e. The zero-order chi connectivity index (χ0) is 14.3. The number of rotatable bonds is 7. The van der Waals surface area contributed by atoms with E-state index >= 15 is 0 Å². The fourth-order valence-corrected chi connectivity index (χ4v) is 2.05. The molecule has 0 aromatic heterocycles. The van der Waals surface area contributed by atoms with Crippen LogP contribution in [0.4, 0.5) is 0 Å². The first-order chi connectivity index (χ1) is 9.10. The van der Waals surface area contributed by atoms with Crippen LogP contribution in [0, 0.1) is 0 Å². The van der Waals surface area contributed by atoms with Gasteiger partial charge in [-0.15, -0.1) is 0 Å². The first-order valence-corrected chi connectivity index (χ1v) is 6.47. The molecule has 1 unspecified atom stereocenters. The predicted molar refractivity (Wildman–Crippen MR) is 76.4 cm³/mol. The fourth-order valence-electron chi connectivity index (χ4n) is 2.05. The molecule has 106 valence electrons. The lowest BCUT2D eigenvalue weighted by Crippen LogP contribution is -2.40. The SMILES string of the molecule is CC(C)N(CCO)CC(C(N)=NO)c1ccccc1. The van der Waals surface area contributed by atoms with Crippen LogP contribution in [0.25, 0.3) is 0 Å². The largest absolute Gasteiger partial charge is 0.409 e. The number of hydrogen-bond acceptors (Lipinski definition) is 4. The molecule has 5 nitrogen and oxygen atoms in total. The van der Waals surface area contributed by atoms with Crippen molar-refractivity contribution in [2.75, 3.05) is 19.7 Å². The van der Waals surface area contributed by atoms with Gasteiger partial charge in [-0.2, -0.15) is 0 Å². The van der Waals surface area contributed by atoms with Crippen molar-refractivity contribution in [3.8, 4) is 0 Å². The number of hydrogen-bond donors (Lipinski definition) is 3. The van der Waals surface area contributed by atoms with E-state index in [9.17, 15) is 0 Å². The van der Waals surface area contributed by atoms with Crippen LogP contribution in [-0.4, -0.2) is 46.8 Å². The van der Waals surface area contributed by atoms with Gasteiger partial charge in [0.15, 0.2) is 0 Å². The van der Waals surface area contributed by atoms with E-state index in [4.69, 9.17) is 16.0 Å². The zero-order valence-electron chi connectivity index (χ0n) is 11.5. The van der Waals surface area contributed by atoms with E-state index in [1.54, 1.807) is 0 Å². The van der Waals surface area contributed by atoms with Crippen LogP contribution in [0.3, 0.4) is 0 Å². The molecule has 0 aliphatic rings. The monoisotopic (exact) mass is 265 g/mol. The Bertz CT molecular complexity index is 393. The first kappa shape index (κ1) is 15.5. The quantitative estimate of drug-likeness (QED) is 0.300. The summed E-state index contributed by atoms with van der Waals surface area (Å²) in [5, 5.41) is 21.2. The minimum absolute atomic E-state index is 0.0931. The summed E-state index contributed by atoms with van der Waals surface area (Å²) < 4.78 is 0. The molecule has 0 aliphatic carbocycles. The Kier molecular flexibility index (Phi) is 6.32. The number of aliphatic hydroxyl groups excluding tert-OH is 1. The summed E-state index contributed by atoms with van der Waals surface area (Å²) in [5.41, 5.74) is 6.81. The van der Waals surface area contributed by atoms with E-state index in [1.165, 1.54) is 0 Å². The van der Waals surface area contributed by atoms with Crippen LogP contribution < -0.4 is 5.73 Å². The maximum absolute atomic E-state index is 9.11. The summed E-state index contributed by atoms with van der Waals surface area (Å²) in [6, 6.07) is 9.99. The molecule has 0 radical (unpaired) electrons. The normalized spacial score (nSPS) is 14.1. The highest BCUT2D eigenvalue weighted by Crippen LogP contribution is 2.18. The molecule has 0 spiro atoms. The van der Waals surface area contributed by atoms with Crippen molar-refractivity contribution in [3.05, 3.63) is 35.9 Å². The summed E-state index contributed by atoms with van der Waals surface area (Å²) in [6.07, 6.45) is 0. The highest BCUT2D eigenvalue weighted by Gasteiger charge is 2.21. The zero-order valence-corrected chi connectivity index (χ0v) is 11.5. The number of amidine groups is 1. The van der Waals surface area contributed by atoms with Gasteiger partial charge in [0.1, 0.15) is 5.84 Å². The van der Waals surface area contributed by atoms with E-state index in [-0.39, 0.29) is 24.4 Å². The van der Waals surface area contributed by atoms with Crippen molar-refractivity contribution in [3.63, 3.8) is 0 Å². The minimum Gasteiger partial charge on any atom is -0.409 e. The lowest BCUT2D eigenvalue weighted by Gasteiger charge is -2.29. The third kappa shape index (κ3) is 4.54. The van der Waals surface area contributed by atoms with Crippen molar-refractivity contribution in [1.29, 1.82) is 0 Å². The molecule has 1 atom stereocenters. The van der Waals surface area contributed by atoms with Crippen molar-refractivity contribution < 1.29 is 10.3 Å². The molecule has 0 saturated carbocycles. The molecule has 0 fully saturated rings. The Labute approximate surface area is 114 Å². The van der Waals surface area contributed by atoms with Gasteiger partial charge in [-0.3, -0.25) is 4.90 Å². The Morgan fingerprint density at radius 1 is 1.32 bits per heavy atom. The summed E-state index contributed by atoms with van der Waals surface area (Å²) in [5.74, 6) is 0.00920. The van der Waals surface area contributed by atoms with Gasteiger partial charge in [0.25, 0.3) is 0 Å². The van der Waals surface area contributed by atoms with Crippen LogP contribution in [0.2, 0.25) is 0 Å². The molecule has 5 heteroatoms. The van der Waals surface area contributed by atoms with E-state index in [0.717, 1.165) is 5.56 Å². The second-order valence-electron chi connectivity index (χ2n) is 4.80. The van der Waals surface area contributed by atoms with Gasteiger partial charge >= 0.3 is 0 Å². The minimum atomic E-state index is -0.180. The molecule has 1 rings (SSSR count). The van der Waals surface area contributed by atoms with Crippen LogP contribution >= 0.6 is 0 Å². The predicted octanol–water partition coefficient (Wildman–Crippen LogP) is 1.22. The molecule has 0 bridgehead atoms. The molecule has 0 saturated heterocycles.